The second-order valence-electron chi connectivity index (χ2n) is 9.64. The van der Waals surface area contributed by atoms with Crippen LogP contribution in [0.4, 0.5) is 0 Å². The summed E-state index contributed by atoms with van der Waals surface area (Å²) in [6.07, 6.45) is 14.8. The van der Waals surface area contributed by atoms with Crippen molar-refractivity contribution in [3.8, 4) is 0 Å². The summed E-state index contributed by atoms with van der Waals surface area (Å²) in [5, 5.41) is 18.1. The van der Waals surface area contributed by atoms with Gasteiger partial charge < -0.3 is 10.2 Å². The number of unbranched alkanes of at least 4 members (excludes halogenated alkanes) is 6. The number of carbonyl (C=O) groups excluding carboxylic acids is 1. The number of carbonyl (C=O) groups is 1. The molecule has 0 saturated carbocycles. The molecule has 0 aliphatic carbocycles. The van der Waals surface area contributed by atoms with Crippen LogP contribution in [0.25, 0.3) is 0 Å². The molecule has 156 valence electrons. The van der Waals surface area contributed by atoms with Crippen LogP contribution in [0.2, 0.25) is 0 Å². The maximum Gasteiger partial charge on any atom is 0.132 e. The maximum absolute atomic E-state index is 11.9. The van der Waals surface area contributed by atoms with Crippen LogP contribution in [0.3, 0.4) is 0 Å². The fourth-order valence-corrected chi connectivity index (χ4v) is 3.54. The van der Waals surface area contributed by atoms with Crippen LogP contribution in [0.15, 0.2) is 0 Å². The first-order valence-corrected chi connectivity index (χ1v) is 11.0. The Bertz CT molecular complexity index is 347. The lowest BCUT2D eigenvalue weighted by Gasteiger charge is -2.23. The van der Waals surface area contributed by atoms with Gasteiger partial charge in [-0.25, -0.2) is 0 Å². The van der Waals surface area contributed by atoms with Crippen molar-refractivity contribution in [1.29, 1.82) is 0 Å². The van der Waals surface area contributed by atoms with Gasteiger partial charge in [-0.2, -0.15) is 0 Å². The molecule has 0 heterocycles. The summed E-state index contributed by atoms with van der Waals surface area (Å²) in [4.78, 5) is 11.9. The smallest absolute Gasteiger partial charge is 0.132 e. The fourth-order valence-electron chi connectivity index (χ4n) is 3.54. The third kappa shape index (κ3) is 15.8. The molecule has 3 nitrogen and oxygen atoms in total. The third-order valence-electron chi connectivity index (χ3n) is 5.70. The van der Waals surface area contributed by atoms with E-state index in [1.165, 1.54) is 32.1 Å². The molecule has 0 aromatic rings. The van der Waals surface area contributed by atoms with Crippen LogP contribution in [0, 0.1) is 10.8 Å². The summed E-state index contributed by atoms with van der Waals surface area (Å²) in [7, 11) is 0. The summed E-state index contributed by atoms with van der Waals surface area (Å²) in [5.41, 5.74) is 0.490. The van der Waals surface area contributed by atoms with Gasteiger partial charge in [-0.1, -0.05) is 66.2 Å². The predicted molar refractivity (Wildman–Crippen MR) is 111 cm³/mol. The summed E-state index contributed by atoms with van der Waals surface area (Å²) < 4.78 is 0. The molecule has 2 N–H and O–H groups in total. The number of aliphatic hydroxyl groups is 2. The van der Waals surface area contributed by atoms with Crippen molar-refractivity contribution < 1.29 is 15.0 Å². The van der Waals surface area contributed by atoms with Crippen molar-refractivity contribution in [1.82, 2.24) is 0 Å². The molecule has 0 atom stereocenters. The van der Waals surface area contributed by atoms with Gasteiger partial charge in [-0.3, -0.25) is 4.79 Å². The molecule has 0 saturated heterocycles. The summed E-state index contributed by atoms with van der Waals surface area (Å²) in [6.45, 7) is 9.44. The van der Waals surface area contributed by atoms with Crippen molar-refractivity contribution in [2.75, 3.05) is 13.2 Å². The first kappa shape index (κ1) is 25.6. The van der Waals surface area contributed by atoms with Crippen LogP contribution in [-0.4, -0.2) is 29.2 Å². The Labute approximate surface area is 163 Å². The molecular formula is C23H46O3. The molecule has 0 unspecified atom stereocenters. The van der Waals surface area contributed by atoms with Crippen LogP contribution in [0.5, 0.6) is 0 Å². The normalized spacial score (nSPS) is 12.5. The lowest BCUT2D eigenvalue weighted by Crippen LogP contribution is -2.13. The molecule has 0 radical (unpaired) electrons. The maximum atomic E-state index is 11.9. The quantitative estimate of drug-likeness (QED) is 0.289. The molecular weight excluding hydrogens is 324 g/mol. The lowest BCUT2D eigenvalue weighted by molar-refractivity contribution is -0.119. The first-order valence-electron chi connectivity index (χ1n) is 11.0. The Morgan fingerprint density at radius 2 is 0.923 bits per heavy atom. The van der Waals surface area contributed by atoms with Crippen molar-refractivity contribution in [2.24, 2.45) is 10.8 Å². The monoisotopic (exact) mass is 370 g/mol. The van der Waals surface area contributed by atoms with E-state index in [0.29, 0.717) is 5.78 Å². The van der Waals surface area contributed by atoms with Gasteiger partial charge in [0, 0.05) is 26.1 Å². The molecule has 0 amide bonds. The predicted octanol–water partition coefficient (Wildman–Crippen LogP) is 6.05. The number of Topliss-reactive ketones (excluding diaryl/α,β-unsaturated/α-hetero) is 1. The van der Waals surface area contributed by atoms with Crippen molar-refractivity contribution >= 4 is 5.78 Å². The minimum atomic E-state index is 0.228. The van der Waals surface area contributed by atoms with Gasteiger partial charge in [-0.05, 0) is 49.4 Å². The lowest BCUT2D eigenvalue weighted by atomic mass is 9.84. The molecule has 26 heavy (non-hydrogen) atoms. The van der Waals surface area contributed by atoms with E-state index in [-0.39, 0.29) is 24.0 Å². The minimum Gasteiger partial charge on any atom is -0.396 e. The zero-order valence-electron chi connectivity index (χ0n) is 18.1. The van der Waals surface area contributed by atoms with E-state index in [0.717, 1.165) is 57.8 Å². The van der Waals surface area contributed by atoms with E-state index in [2.05, 4.69) is 27.7 Å². The highest BCUT2D eigenvalue weighted by molar-refractivity contribution is 5.78. The molecule has 3 heteroatoms. The molecule has 0 aromatic carbocycles. The molecule has 0 aliphatic heterocycles. The van der Waals surface area contributed by atoms with Crippen LogP contribution >= 0.6 is 0 Å². The Morgan fingerprint density at radius 1 is 0.577 bits per heavy atom. The van der Waals surface area contributed by atoms with Crippen LogP contribution < -0.4 is 0 Å². The number of rotatable bonds is 18. The van der Waals surface area contributed by atoms with Crippen LogP contribution in [-0.2, 0) is 4.79 Å². The highest BCUT2D eigenvalue weighted by Crippen LogP contribution is 2.28. The largest absolute Gasteiger partial charge is 0.396 e. The topological polar surface area (TPSA) is 57.5 Å². The molecule has 0 bridgehead atoms. The van der Waals surface area contributed by atoms with E-state index in [1.807, 2.05) is 0 Å². The van der Waals surface area contributed by atoms with E-state index >= 15 is 0 Å². The minimum absolute atomic E-state index is 0.228. The van der Waals surface area contributed by atoms with E-state index in [4.69, 9.17) is 10.2 Å². The second-order valence-corrected chi connectivity index (χ2v) is 9.64. The van der Waals surface area contributed by atoms with Gasteiger partial charge in [0.2, 0.25) is 0 Å². The fraction of sp³-hybridized carbons (Fsp3) is 0.957. The molecule has 0 aliphatic rings. The molecule has 0 spiro atoms. The zero-order valence-corrected chi connectivity index (χ0v) is 18.1. The van der Waals surface area contributed by atoms with Gasteiger partial charge in [0.25, 0.3) is 0 Å². The Balaban J connectivity index is 3.47. The van der Waals surface area contributed by atoms with Crippen LogP contribution in [0.1, 0.15) is 118 Å². The average molecular weight is 371 g/mol. The van der Waals surface area contributed by atoms with Crippen molar-refractivity contribution in [3.05, 3.63) is 0 Å². The molecule has 0 fully saturated rings. The number of aliphatic hydroxyl groups excluding tert-OH is 2. The van der Waals surface area contributed by atoms with Gasteiger partial charge in [0.15, 0.2) is 0 Å². The van der Waals surface area contributed by atoms with E-state index < -0.39 is 0 Å². The third-order valence-corrected chi connectivity index (χ3v) is 5.70. The summed E-state index contributed by atoms with van der Waals surface area (Å²) in [5.74, 6) is 0.434. The number of hydrogen-bond acceptors (Lipinski definition) is 3. The van der Waals surface area contributed by atoms with Gasteiger partial charge in [0.1, 0.15) is 5.78 Å². The van der Waals surface area contributed by atoms with Gasteiger partial charge in [-0.15, -0.1) is 0 Å². The average Bonchev–Trinajstić information content (AvgIpc) is 2.53. The zero-order chi connectivity index (χ0) is 19.9. The summed E-state index contributed by atoms with van der Waals surface area (Å²) in [6, 6.07) is 0. The standard InChI is InChI=1S/C23H46O3/c1-22(2,17-19-24)15-11-7-5-6-9-13-21(26)14-10-8-12-16-23(3,4)18-20-25/h24-25H,5-20H2,1-4H3. The Kier molecular flexibility index (Phi) is 14.4. The number of ketones is 1. The van der Waals surface area contributed by atoms with Gasteiger partial charge in [0.05, 0.1) is 0 Å². The highest BCUT2D eigenvalue weighted by Gasteiger charge is 2.17. The Hall–Kier alpha value is -0.410. The highest BCUT2D eigenvalue weighted by atomic mass is 16.3. The van der Waals surface area contributed by atoms with Gasteiger partial charge >= 0.3 is 0 Å². The summed E-state index contributed by atoms with van der Waals surface area (Å²) >= 11 is 0. The Morgan fingerprint density at radius 3 is 1.35 bits per heavy atom. The molecule has 0 rings (SSSR count). The van der Waals surface area contributed by atoms with E-state index in [1.54, 1.807) is 0 Å². The van der Waals surface area contributed by atoms with Crippen molar-refractivity contribution in [3.63, 3.8) is 0 Å². The first-order chi connectivity index (χ1) is 12.2. The molecule has 0 aromatic heterocycles. The van der Waals surface area contributed by atoms with Crippen molar-refractivity contribution in [2.45, 2.75) is 118 Å². The second kappa shape index (κ2) is 14.6. The van der Waals surface area contributed by atoms with E-state index in [9.17, 15) is 4.79 Å². The number of hydrogen-bond donors (Lipinski definition) is 2. The SMILES string of the molecule is CC(C)(CCO)CCCCCCCC(=O)CCCCCC(C)(C)CCO.